The van der Waals surface area contributed by atoms with Gasteiger partial charge in [-0.05, 0) is 0 Å². The normalized spacial score (nSPS) is 10.8. The fourth-order valence-electron chi connectivity index (χ4n) is 1.21. The summed E-state index contributed by atoms with van der Waals surface area (Å²) in [7, 11) is 0. The molecule has 0 aromatic heterocycles. The number of alkyl halides is 3. The van der Waals surface area contributed by atoms with E-state index in [4.69, 9.17) is 0 Å². The fourth-order valence-corrected chi connectivity index (χ4v) is 1.21. The molecule has 0 aromatic carbocycles. The minimum absolute atomic E-state index is 0.188. The molecule has 0 aliphatic carbocycles. The first-order valence-electron chi connectivity index (χ1n) is 5.98. The van der Waals surface area contributed by atoms with Gasteiger partial charge < -0.3 is 0 Å². The molecule has 0 unspecified atom stereocenters. The van der Waals surface area contributed by atoms with E-state index >= 15 is 0 Å². The van der Waals surface area contributed by atoms with Crippen molar-refractivity contribution in [3.05, 3.63) is 0 Å². The fraction of sp³-hybridized carbons (Fsp3) is 1.00. The molecule has 0 aliphatic rings. The van der Waals surface area contributed by atoms with Crippen molar-refractivity contribution in [3.8, 4) is 0 Å². The maximum absolute atomic E-state index is 10.4. The molecular formula is C12H25F3. The van der Waals surface area contributed by atoms with Gasteiger partial charge in [-0.1, -0.05) is 65.2 Å². The third kappa shape index (κ3) is 41.6. The minimum Gasteiger partial charge on any atom is -0.172 e. The number of halogens is 3. The SMILES string of the molecule is CC(F)(F)F.CCCCCCCCCC. The van der Waals surface area contributed by atoms with Crippen LogP contribution < -0.4 is 0 Å². The van der Waals surface area contributed by atoms with Crippen molar-refractivity contribution in [1.82, 2.24) is 0 Å². The van der Waals surface area contributed by atoms with Crippen LogP contribution in [-0.2, 0) is 0 Å². The zero-order chi connectivity index (χ0) is 12.2. The molecule has 0 fully saturated rings. The standard InChI is InChI=1S/C10H22.C2H3F3/c1-3-5-7-9-10-8-6-4-2;1-2(3,4)5/h3-10H2,1-2H3;1H3. The Morgan fingerprint density at radius 2 is 0.867 bits per heavy atom. The highest BCUT2D eigenvalue weighted by Crippen LogP contribution is 2.10. The Kier molecular flexibility index (Phi) is 13.6. The van der Waals surface area contributed by atoms with Gasteiger partial charge in [0, 0.05) is 6.92 Å². The Bertz CT molecular complexity index is 93.9. The molecule has 0 spiro atoms. The summed E-state index contributed by atoms with van der Waals surface area (Å²) in [6, 6.07) is 0. The lowest BCUT2D eigenvalue weighted by Gasteiger charge is -1.97. The van der Waals surface area contributed by atoms with Crippen LogP contribution in [0.3, 0.4) is 0 Å². The highest BCUT2D eigenvalue weighted by atomic mass is 19.4. The second-order valence-corrected chi connectivity index (χ2v) is 3.90. The second-order valence-electron chi connectivity index (χ2n) is 3.90. The molecule has 0 saturated carbocycles. The van der Waals surface area contributed by atoms with Crippen LogP contribution in [0, 0.1) is 0 Å². The Hall–Kier alpha value is -0.210. The van der Waals surface area contributed by atoms with Crippen molar-refractivity contribution in [1.29, 1.82) is 0 Å². The highest BCUT2D eigenvalue weighted by Gasteiger charge is 2.15. The maximum Gasteiger partial charge on any atom is 0.386 e. The predicted octanol–water partition coefficient (Wildman–Crippen LogP) is 5.72. The minimum atomic E-state index is -4.00. The number of unbranched alkanes of at least 4 members (excludes halogenated alkanes) is 7. The van der Waals surface area contributed by atoms with Crippen LogP contribution in [0.2, 0.25) is 0 Å². The van der Waals surface area contributed by atoms with Crippen molar-refractivity contribution in [2.24, 2.45) is 0 Å². The van der Waals surface area contributed by atoms with Crippen LogP contribution >= 0.6 is 0 Å². The summed E-state index contributed by atoms with van der Waals surface area (Å²) in [6.45, 7) is 4.73. The van der Waals surface area contributed by atoms with E-state index in [2.05, 4.69) is 13.8 Å². The molecule has 0 rings (SSSR count). The molecule has 0 bridgehead atoms. The van der Waals surface area contributed by atoms with Crippen molar-refractivity contribution >= 4 is 0 Å². The van der Waals surface area contributed by atoms with Crippen LogP contribution in [0.5, 0.6) is 0 Å². The van der Waals surface area contributed by atoms with Crippen molar-refractivity contribution in [2.45, 2.75) is 78.3 Å². The van der Waals surface area contributed by atoms with Gasteiger partial charge in [-0.25, -0.2) is 0 Å². The lowest BCUT2D eigenvalue weighted by atomic mass is 10.1. The molecule has 94 valence electrons. The molecule has 0 atom stereocenters. The van der Waals surface area contributed by atoms with Gasteiger partial charge in [0.1, 0.15) is 0 Å². The van der Waals surface area contributed by atoms with Crippen LogP contribution in [-0.4, -0.2) is 6.18 Å². The summed E-state index contributed by atoms with van der Waals surface area (Å²) < 4.78 is 31.1. The summed E-state index contributed by atoms with van der Waals surface area (Å²) in [4.78, 5) is 0. The van der Waals surface area contributed by atoms with Crippen molar-refractivity contribution in [3.63, 3.8) is 0 Å². The third-order valence-electron chi connectivity index (χ3n) is 1.96. The first-order valence-corrected chi connectivity index (χ1v) is 5.98. The Morgan fingerprint density at radius 3 is 1.07 bits per heavy atom. The monoisotopic (exact) mass is 226 g/mol. The molecule has 0 aromatic rings. The molecule has 0 radical (unpaired) electrons. The third-order valence-corrected chi connectivity index (χ3v) is 1.96. The lowest BCUT2D eigenvalue weighted by Crippen LogP contribution is -1.95. The quantitative estimate of drug-likeness (QED) is 0.487. The smallest absolute Gasteiger partial charge is 0.172 e. The molecule has 3 heteroatoms. The van der Waals surface area contributed by atoms with Gasteiger partial charge in [0.05, 0.1) is 0 Å². The largest absolute Gasteiger partial charge is 0.386 e. The molecule has 0 amide bonds. The van der Waals surface area contributed by atoms with Crippen LogP contribution in [0.1, 0.15) is 72.1 Å². The predicted molar refractivity (Wildman–Crippen MR) is 60.0 cm³/mol. The summed E-state index contributed by atoms with van der Waals surface area (Å²) in [6.07, 6.45) is 7.46. The summed E-state index contributed by atoms with van der Waals surface area (Å²) in [5.74, 6) is 0. The zero-order valence-corrected chi connectivity index (χ0v) is 10.3. The molecular weight excluding hydrogens is 201 g/mol. The van der Waals surface area contributed by atoms with Gasteiger partial charge in [-0.3, -0.25) is 0 Å². The number of hydrogen-bond donors (Lipinski definition) is 0. The van der Waals surface area contributed by atoms with Crippen molar-refractivity contribution < 1.29 is 13.2 Å². The zero-order valence-electron chi connectivity index (χ0n) is 10.3. The average molecular weight is 226 g/mol. The van der Waals surface area contributed by atoms with Crippen molar-refractivity contribution in [2.75, 3.05) is 0 Å². The van der Waals surface area contributed by atoms with Crippen LogP contribution in [0.4, 0.5) is 13.2 Å². The van der Waals surface area contributed by atoms with Gasteiger partial charge in [0.2, 0.25) is 0 Å². The molecule has 15 heavy (non-hydrogen) atoms. The van der Waals surface area contributed by atoms with E-state index in [1.54, 1.807) is 0 Å². The van der Waals surface area contributed by atoms with E-state index < -0.39 is 6.18 Å². The highest BCUT2D eigenvalue weighted by molar-refractivity contribution is 4.43. The van der Waals surface area contributed by atoms with E-state index in [0.29, 0.717) is 0 Å². The van der Waals surface area contributed by atoms with Gasteiger partial charge in [-0.2, -0.15) is 13.2 Å². The van der Waals surface area contributed by atoms with E-state index in [0.717, 1.165) is 0 Å². The summed E-state index contributed by atoms with van der Waals surface area (Å²) in [5, 5.41) is 0. The van der Waals surface area contributed by atoms with E-state index in [1.807, 2.05) is 0 Å². The summed E-state index contributed by atoms with van der Waals surface area (Å²) in [5.41, 5.74) is 0. The van der Waals surface area contributed by atoms with E-state index in [-0.39, 0.29) is 6.92 Å². The number of hydrogen-bond acceptors (Lipinski definition) is 0. The molecule has 0 aliphatic heterocycles. The Labute approximate surface area is 92.3 Å². The van der Waals surface area contributed by atoms with Gasteiger partial charge in [0.15, 0.2) is 0 Å². The van der Waals surface area contributed by atoms with E-state index in [1.165, 1.54) is 51.4 Å². The average Bonchev–Trinajstić information content (AvgIpc) is 2.08. The Balaban J connectivity index is 0. The second kappa shape index (κ2) is 11.9. The van der Waals surface area contributed by atoms with Gasteiger partial charge in [0.25, 0.3) is 0 Å². The molecule has 0 saturated heterocycles. The topological polar surface area (TPSA) is 0 Å². The summed E-state index contributed by atoms with van der Waals surface area (Å²) >= 11 is 0. The van der Waals surface area contributed by atoms with Gasteiger partial charge in [-0.15, -0.1) is 0 Å². The van der Waals surface area contributed by atoms with Crippen LogP contribution in [0.25, 0.3) is 0 Å². The number of rotatable bonds is 7. The first-order chi connectivity index (χ1) is 6.91. The lowest BCUT2D eigenvalue weighted by molar-refractivity contribution is -0.110. The molecule has 0 heterocycles. The van der Waals surface area contributed by atoms with Crippen LogP contribution in [0.15, 0.2) is 0 Å². The maximum atomic E-state index is 10.4. The van der Waals surface area contributed by atoms with E-state index in [9.17, 15) is 13.2 Å². The first kappa shape index (κ1) is 17.2. The molecule has 0 N–H and O–H groups in total. The molecule has 0 nitrogen and oxygen atoms in total. The Morgan fingerprint density at radius 1 is 0.667 bits per heavy atom. The van der Waals surface area contributed by atoms with Gasteiger partial charge >= 0.3 is 6.18 Å².